The van der Waals surface area contributed by atoms with E-state index in [0.717, 1.165) is 11.1 Å². The molecule has 2 aromatic rings. The number of carbonyl (C=O) groups excluding carboxylic acids is 1. The molecule has 0 spiro atoms. The molecule has 0 heterocycles. The van der Waals surface area contributed by atoms with E-state index in [2.05, 4.69) is 5.32 Å². The van der Waals surface area contributed by atoms with E-state index in [-0.39, 0.29) is 11.7 Å². The SMILES string of the molecule is COc1ccc(C(=O)NCc2ccc(F)cc2)c(OC)c1C. The molecule has 4 nitrogen and oxygen atoms in total. The molecule has 0 saturated heterocycles. The van der Waals surface area contributed by atoms with E-state index in [9.17, 15) is 9.18 Å². The maximum Gasteiger partial charge on any atom is 0.255 e. The molecule has 0 aliphatic rings. The fourth-order valence-electron chi connectivity index (χ4n) is 2.22. The number of methoxy groups -OCH3 is 2. The monoisotopic (exact) mass is 303 g/mol. The lowest BCUT2D eigenvalue weighted by Gasteiger charge is -2.14. The van der Waals surface area contributed by atoms with Crippen molar-refractivity contribution in [2.75, 3.05) is 14.2 Å². The third-order valence-corrected chi connectivity index (χ3v) is 3.39. The quantitative estimate of drug-likeness (QED) is 0.923. The molecule has 0 saturated carbocycles. The van der Waals surface area contributed by atoms with Crippen molar-refractivity contribution in [2.24, 2.45) is 0 Å². The van der Waals surface area contributed by atoms with Crippen molar-refractivity contribution >= 4 is 5.91 Å². The molecular weight excluding hydrogens is 285 g/mol. The van der Waals surface area contributed by atoms with Crippen LogP contribution in [0.3, 0.4) is 0 Å². The summed E-state index contributed by atoms with van der Waals surface area (Å²) in [5, 5.41) is 2.79. The fraction of sp³-hybridized carbons (Fsp3) is 0.235. The second-order valence-electron chi connectivity index (χ2n) is 4.78. The molecule has 0 unspecified atom stereocenters. The molecule has 0 radical (unpaired) electrons. The van der Waals surface area contributed by atoms with Crippen LogP contribution in [0.25, 0.3) is 0 Å². The molecule has 2 aromatic carbocycles. The van der Waals surface area contributed by atoms with E-state index in [0.29, 0.717) is 23.6 Å². The van der Waals surface area contributed by atoms with Crippen molar-refractivity contribution in [1.29, 1.82) is 0 Å². The molecule has 0 aliphatic carbocycles. The standard InChI is InChI=1S/C17H18FNO3/c1-11-15(21-2)9-8-14(16(11)22-3)17(20)19-10-12-4-6-13(18)7-5-12/h4-9H,10H2,1-3H3,(H,19,20). The molecule has 116 valence electrons. The first-order chi connectivity index (χ1) is 10.6. The number of carbonyl (C=O) groups is 1. The Morgan fingerprint density at radius 2 is 1.77 bits per heavy atom. The van der Waals surface area contributed by atoms with Gasteiger partial charge in [-0.15, -0.1) is 0 Å². The first-order valence-corrected chi connectivity index (χ1v) is 6.81. The van der Waals surface area contributed by atoms with Gasteiger partial charge in [0.05, 0.1) is 19.8 Å². The van der Waals surface area contributed by atoms with Gasteiger partial charge in [-0.1, -0.05) is 12.1 Å². The van der Waals surface area contributed by atoms with Gasteiger partial charge < -0.3 is 14.8 Å². The van der Waals surface area contributed by atoms with Crippen molar-refractivity contribution in [2.45, 2.75) is 13.5 Å². The zero-order chi connectivity index (χ0) is 16.1. The van der Waals surface area contributed by atoms with Gasteiger partial charge in [-0.3, -0.25) is 4.79 Å². The summed E-state index contributed by atoms with van der Waals surface area (Å²) in [6.07, 6.45) is 0. The minimum absolute atomic E-state index is 0.257. The Morgan fingerprint density at radius 1 is 1.09 bits per heavy atom. The van der Waals surface area contributed by atoms with Crippen molar-refractivity contribution in [3.63, 3.8) is 0 Å². The fourth-order valence-corrected chi connectivity index (χ4v) is 2.22. The molecule has 0 aromatic heterocycles. The number of benzene rings is 2. The van der Waals surface area contributed by atoms with Gasteiger partial charge in [0, 0.05) is 12.1 Å². The topological polar surface area (TPSA) is 47.6 Å². The summed E-state index contributed by atoms with van der Waals surface area (Å²) in [6.45, 7) is 2.14. The minimum Gasteiger partial charge on any atom is -0.496 e. The van der Waals surface area contributed by atoms with E-state index in [1.165, 1.54) is 19.2 Å². The van der Waals surface area contributed by atoms with Crippen LogP contribution in [0.5, 0.6) is 11.5 Å². The van der Waals surface area contributed by atoms with E-state index in [1.54, 1.807) is 31.4 Å². The highest BCUT2D eigenvalue weighted by Gasteiger charge is 2.16. The van der Waals surface area contributed by atoms with Gasteiger partial charge in [-0.25, -0.2) is 4.39 Å². The molecule has 2 rings (SSSR count). The van der Waals surface area contributed by atoms with Crippen LogP contribution in [0.15, 0.2) is 36.4 Å². The largest absolute Gasteiger partial charge is 0.496 e. The molecule has 0 aliphatic heterocycles. The molecule has 1 N–H and O–H groups in total. The average molecular weight is 303 g/mol. The molecule has 22 heavy (non-hydrogen) atoms. The Bertz CT molecular complexity index is 668. The first-order valence-electron chi connectivity index (χ1n) is 6.81. The highest BCUT2D eigenvalue weighted by atomic mass is 19.1. The molecule has 1 amide bonds. The number of hydrogen-bond donors (Lipinski definition) is 1. The van der Waals surface area contributed by atoms with E-state index in [1.807, 2.05) is 6.92 Å². The van der Waals surface area contributed by atoms with Crippen LogP contribution in [0.2, 0.25) is 0 Å². The molecule has 0 bridgehead atoms. The van der Waals surface area contributed by atoms with Gasteiger partial charge in [0.2, 0.25) is 0 Å². The molecule has 5 heteroatoms. The predicted molar refractivity (Wildman–Crippen MR) is 81.9 cm³/mol. The van der Waals surface area contributed by atoms with Crippen molar-refractivity contribution in [3.05, 3.63) is 58.9 Å². The van der Waals surface area contributed by atoms with Gasteiger partial charge in [0.25, 0.3) is 5.91 Å². The van der Waals surface area contributed by atoms with Crippen molar-refractivity contribution in [3.8, 4) is 11.5 Å². The normalized spacial score (nSPS) is 10.2. The van der Waals surface area contributed by atoms with Crippen LogP contribution in [-0.4, -0.2) is 20.1 Å². The number of halogens is 1. The zero-order valence-corrected chi connectivity index (χ0v) is 12.8. The Labute approximate surface area is 128 Å². The first kappa shape index (κ1) is 15.8. The maximum absolute atomic E-state index is 12.8. The highest BCUT2D eigenvalue weighted by molar-refractivity contribution is 5.97. The lowest BCUT2D eigenvalue weighted by atomic mass is 10.1. The van der Waals surface area contributed by atoms with Gasteiger partial charge in [-0.2, -0.15) is 0 Å². The summed E-state index contributed by atoms with van der Waals surface area (Å²) in [5.41, 5.74) is 2.02. The van der Waals surface area contributed by atoms with Crippen LogP contribution >= 0.6 is 0 Å². The van der Waals surface area contributed by atoms with Gasteiger partial charge in [0.15, 0.2) is 0 Å². The molecule has 0 atom stereocenters. The second kappa shape index (κ2) is 6.93. The summed E-state index contributed by atoms with van der Waals surface area (Å²) in [7, 11) is 3.08. The summed E-state index contributed by atoms with van der Waals surface area (Å²) >= 11 is 0. The van der Waals surface area contributed by atoms with Crippen LogP contribution in [0, 0.1) is 12.7 Å². The Balaban J connectivity index is 2.15. The minimum atomic E-state index is -0.303. The van der Waals surface area contributed by atoms with Crippen LogP contribution in [-0.2, 0) is 6.54 Å². The summed E-state index contributed by atoms with van der Waals surface area (Å²) < 4.78 is 23.4. The Kier molecular flexibility index (Phi) is 4.99. The summed E-state index contributed by atoms with van der Waals surface area (Å²) in [4.78, 5) is 12.3. The number of ether oxygens (including phenoxy) is 2. The Morgan fingerprint density at radius 3 is 2.36 bits per heavy atom. The number of rotatable bonds is 5. The van der Waals surface area contributed by atoms with E-state index < -0.39 is 0 Å². The van der Waals surface area contributed by atoms with Gasteiger partial charge in [0.1, 0.15) is 17.3 Å². The summed E-state index contributed by atoms with van der Waals surface area (Å²) in [6, 6.07) is 9.37. The number of hydrogen-bond acceptors (Lipinski definition) is 3. The molecular formula is C17H18FNO3. The van der Waals surface area contributed by atoms with Crippen molar-refractivity contribution < 1.29 is 18.7 Å². The zero-order valence-electron chi connectivity index (χ0n) is 12.8. The number of nitrogens with one attached hydrogen (secondary N) is 1. The van der Waals surface area contributed by atoms with E-state index >= 15 is 0 Å². The maximum atomic E-state index is 12.8. The van der Waals surface area contributed by atoms with Crippen LogP contribution in [0.1, 0.15) is 21.5 Å². The van der Waals surface area contributed by atoms with E-state index in [4.69, 9.17) is 9.47 Å². The molecule has 0 fully saturated rings. The predicted octanol–water partition coefficient (Wildman–Crippen LogP) is 3.08. The van der Waals surface area contributed by atoms with Crippen molar-refractivity contribution in [1.82, 2.24) is 5.32 Å². The lowest BCUT2D eigenvalue weighted by molar-refractivity contribution is 0.0947. The Hall–Kier alpha value is -2.56. The average Bonchev–Trinajstić information content (AvgIpc) is 2.53. The van der Waals surface area contributed by atoms with Crippen LogP contribution in [0.4, 0.5) is 4.39 Å². The summed E-state index contributed by atoms with van der Waals surface area (Å²) in [5.74, 6) is 0.581. The van der Waals surface area contributed by atoms with Gasteiger partial charge >= 0.3 is 0 Å². The number of amides is 1. The smallest absolute Gasteiger partial charge is 0.255 e. The lowest BCUT2D eigenvalue weighted by Crippen LogP contribution is -2.23. The van der Waals surface area contributed by atoms with Gasteiger partial charge in [-0.05, 0) is 36.8 Å². The third-order valence-electron chi connectivity index (χ3n) is 3.39. The van der Waals surface area contributed by atoms with Crippen LogP contribution < -0.4 is 14.8 Å². The highest BCUT2D eigenvalue weighted by Crippen LogP contribution is 2.31. The second-order valence-corrected chi connectivity index (χ2v) is 4.78. The third kappa shape index (κ3) is 3.36.